The lowest BCUT2D eigenvalue weighted by Gasteiger charge is -2.43. The van der Waals surface area contributed by atoms with Gasteiger partial charge in [-0.25, -0.2) is 0 Å². The van der Waals surface area contributed by atoms with Crippen molar-refractivity contribution in [3.05, 3.63) is 0 Å². The number of rotatable bonds is 3. The van der Waals surface area contributed by atoms with Crippen LogP contribution in [-0.2, 0) is 18.9 Å². The van der Waals surface area contributed by atoms with Gasteiger partial charge in [-0.2, -0.15) is 0 Å². The lowest BCUT2D eigenvalue weighted by molar-refractivity contribution is -0.244. The van der Waals surface area contributed by atoms with Gasteiger partial charge in [0, 0.05) is 20.2 Å². The standard InChI is InChI=1S/C8H13BO4/c1-10-3-8-4-12-6(8)5(11-2)7(9)13-8/h5-7H,3-4H2,1-2H3. The molecule has 0 bridgehead atoms. The van der Waals surface area contributed by atoms with E-state index in [1.807, 2.05) is 0 Å². The van der Waals surface area contributed by atoms with Gasteiger partial charge in [-0.3, -0.25) is 0 Å². The van der Waals surface area contributed by atoms with Crippen LogP contribution in [0.25, 0.3) is 0 Å². The van der Waals surface area contributed by atoms with Crippen LogP contribution in [0.2, 0.25) is 0 Å². The number of ether oxygens (including phenoxy) is 4. The van der Waals surface area contributed by atoms with E-state index < -0.39 is 6.00 Å². The third kappa shape index (κ3) is 1.22. The molecule has 2 aliphatic heterocycles. The molecule has 0 N–H and O–H groups in total. The molecule has 0 saturated carbocycles. The second-order valence-electron chi connectivity index (χ2n) is 3.51. The average Bonchev–Trinajstić information content (AvgIpc) is 2.26. The first-order valence-electron chi connectivity index (χ1n) is 4.30. The molecule has 0 spiro atoms. The molecule has 4 atom stereocenters. The Kier molecular flexibility index (Phi) is 2.36. The highest BCUT2D eigenvalue weighted by Gasteiger charge is 2.61. The van der Waals surface area contributed by atoms with Gasteiger partial charge in [0.2, 0.25) is 0 Å². The van der Waals surface area contributed by atoms with E-state index in [1.165, 1.54) is 0 Å². The second-order valence-corrected chi connectivity index (χ2v) is 3.51. The Labute approximate surface area is 78.9 Å². The molecule has 4 nitrogen and oxygen atoms in total. The molecule has 4 unspecified atom stereocenters. The largest absolute Gasteiger partial charge is 0.381 e. The van der Waals surface area contributed by atoms with Crippen LogP contribution in [0.15, 0.2) is 0 Å². The van der Waals surface area contributed by atoms with Crippen LogP contribution in [0.3, 0.4) is 0 Å². The third-order valence-electron chi connectivity index (χ3n) is 2.68. The van der Waals surface area contributed by atoms with Gasteiger partial charge in [0.25, 0.3) is 0 Å². The van der Waals surface area contributed by atoms with E-state index in [9.17, 15) is 0 Å². The van der Waals surface area contributed by atoms with Gasteiger partial charge >= 0.3 is 0 Å². The zero-order valence-corrected chi connectivity index (χ0v) is 7.86. The first-order valence-corrected chi connectivity index (χ1v) is 4.30. The van der Waals surface area contributed by atoms with Gasteiger partial charge in [-0.1, -0.05) is 0 Å². The monoisotopic (exact) mass is 184 g/mol. The number of fused-ring (bicyclic) bond motifs is 1. The summed E-state index contributed by atoms with van der Waals surface area (Å²) in [4.78, 5) is 0. The lowest BCUT2D eigenvalue weighted by Crippen LogP contribution is -2.61. The topological polar surface area (TPSA) is 36.9 Å². The summed E-state index contributed by atoms with van der Waals surface area (Å²) < 4.78 is 21.2. The van der Waals surface area contributed by atoms with Crippen LogP contribution in [0.5, 0.6) is 0 Å². The van der Waals surface area contributed by atoms with E-state index >= 15 is 0 Å². The van der Waals surface area contributed by atoms with Crippen molar-refractivity contribution in [3.8, 4) is 0 Å². The fourth-order valence-electron chi connectivity index (χ4n) is 2.03. The first-order chi connectivity index (χ1) is 6.23. The molecule has 0 aliphatic carbocycles. The maximum absolute atomic E-state index is 5.74. The van der Waals surface area contributed by atoms with Gasteiger partial charge in [-0.15, -0.1) is 0 Å². The quantitative estimate of drug-likeness (QED) is 0.544. The smallest absolute Gasteiger partial charge is 0.143 e. The number of hydrogen-bond donors (Lipinski definition) is 0. The molecule has 0 aromatic carbocycles. The van der Waals surface area contributed by atoms with Crippen molar-refractivity contribution in [1.82, 2.24) is 0 Å². The predicted molar refractivity (Wildman–Crippen MR) is 45.8 cm³/mol. The summed E-state index contributed by atoms with van der Waals surface area (Å²) in [5.74, 6) is 0. The van der Waals surface area contributed by atoms with E-state index in [1.54, 1.807) is 14.2 Å². The van der Waals surface area contributed by atoms with E-state index in [4.69, 9.17) is 26.8 Å². The average molecular weight is 184 g/mol. The molecule has 13 heavy (non-hydrogen) atoms. The molecule has 2 saturated heterocycles. The van der Waals surface area contributed by atoms with Crippen molar-refractivity contribution in [2.45, 2.75) is 23.8 Å². The Morgan fingerprint density at radius 2 is 2.31 bits per heavy atom. The third-order valence-corrected chi connectivity index (χ3v) is 2.68. The van der Waals surface area contributed by atoms with Crippen molar-refractivity contribution in [3.63, 3.8) is 0 Å². The Hall–Kier alpha value is -0.0951. The Morgan fingerprint density at radius 1 is 1.54 bits per heavy atom. The van der Waals surface area contributed by atoms with E-state index in [-0.39, 0.29) is 17.8 Å². The van der Waals surface area contributed by atoms with Gasteiger partial charge in [0.1, 0.15) is 25.7 Å². The summed E-state index contributed by atoms with van der Waals surface area (Å²) in [5, 5.41) is 0. The number of methoxy groups -OCH3 is 2. The molecule has 2 heterocycles. The summed E-state index contributed by atoms with van der Waals surface area (Å²) in [7, 11) is 8.99. The molecule has 2 fully saturated rings. The van der Waals surface area contributed by atoms with Crippen molar-refractivity contribution >= 4 is 7.85 Å². The molecule has 0 aromatic heterocycles. The Morgan fingerprint density at radius 3 is 2.77 bits per heavy atom. The molecule has 2 aliphatic rings. The van der Waals surface area contributed by atoms with Crippen molar-refractivity contribution in [2.75, 3.05) is 27.4 Å². The zero-order chi connectivity index (χ0) is 9.47. The lowest BCUT2D eigenvalue weighted by atomic mass is 9.86. The van der Waals surface area contributed by atoms with Gasteiger partial charge in [-0.05, 0) is 0 Å². The predicted octanol–water partition coefficient (Wildman–Crippen LogP) is -0.690. The highest BCUT2D eigenvalue weighted by Crippen LogP contribution is 2.41. The second kappa shape index (κ2) is 3.24. The molecule has 2 rings (SSSR count). The zero-order valence-electron chi connectivity index (χ0n) is 7.86. The summed E-state index contributed by atoms with van der Waals surface area (Å²) in [6.07, 6.45) is -0.253. The number of hydrogen-bond acceptors (Lipinski definition) is 4. The SMILES string of the molecule is [B]C1OC2(COC)COC2C1OC. The Bertz CT molecular complexity index is 201. The molecule has 0 amide bonds. The molecular weight excluding hydrogens is 171 g/mol. The minimum absolute atomic E-state index is 0.0764. The van der Waals surface area contributed by atoms with Crippen LogP contribution in [-0.4, -0.2) is 59.1 Å². The minimum Gasteiger partial charge on any atom is -0.381 e. The Balaban J connectivity index is 2.08. The molecule has 72 valence electrons. The van der Waals surface area contributed by atoms with Crippen LogP contribution >= 0.6 is 0 Å². The fourth-order valence-corrected chi connectivity index (χ4v) is 2.03. The van der Waals surface area contributed by atoms with E-state index in [0.29, 0.717) is 13.2 Å². The summed E-state index contributed by atoms with van der Waals surface area (Å²) in [6.45, 7) is 1.05. The molecule has 2 radical (unpaired) electrons. The van der Waals surface area contributed by atoms with Crippen LogP contribution < -0.4 is 0 Å². The maximum Gasteiger partial charge on any atom is 0.143 e. The van der Waals surface area contributed by atoms with Crippen LogP contribution in [0.4, 0.5) is 0 Å². The summed E-state index contributed by atoms with van der Waals surface area (Å²) in [6, 6.07) is -0.410. The van der Waals surface area contributed by atoms with Gasteiger partial charge in [0.15, 0.2) is 0 Å². The van der Waals surface area contributed by atoms with Gasteiger partial charge < -0.3 is 18.9 Å². The molecule has 5 heteroatoms. The highest BCUT2D eigenvalue weighted by atomic mass is 16.7. The van der Waals surface area contributed by atoms with Crippen molar-refractivity contribution < 1.29 is 18.9 Å². The highest BCUT2D eigenvalue weighted by molar-refractivity contribution is 6.11. The summed E-state index contributed by atoms with van der Waals surface area (Å²) in [5.41, 5.74) is -0.366. The fraction of sp³-hybridized carbons (Fsp3) is 1.00. The molecular formula is C8H13BO4. The van der Waals surface area contributed by atoms with E-state index in [2.05, 4.69) is 0 Å². The van der Waals surface area contributed by atoms with Crippen molar-refractivity contribution in [1.29, 1.82) is 0 Å². The van der Waals surface area contributed by atoms with Gasteiger partial charge in [0.05, 0.1) is 13.2 Å². The normalized spacial score (nSPS) is 48.6. The first kappa shape index (κ1) is 9.46. The van der Waals surface area contributed by atoms with Crippen molar-refractivity contribution in [2.24, 2.45) is 0 Å². The summed E-state index contributed by atoms with van der Waals surface area (Å²) >= 11 is 0. The van der Waals surface area contributed by atoms with Crippen LogP contribution in [0, 0.1) is 0 Å². The van der Waals surface area contributed by atoms with E-state index in [0.717, 1.165) is 0 Å². The molecule has 0 aromatic rings. The maximum atomic E-state index is 5.74. The van der Waals surface area contributed by atoms with Crippen LogP contribution in [0.1, 0.15) is 0 Å². The minimum atomic E-state index is -0.410.